The predicted molar refractivity (Wildman–Crippen MR) is 106 cm³/mol. The average Bonchev–Trinajstić information content (AvgIpc) is 2.88. The molecule has 26 heavy (non-hydrogen) atoms. The maximum atomic E-state index is 4.86. The Kier molecular flexibility index (Phi) is 4.32. The van der Waals surface area contributed by atoms with Crippen LogP contribution in [0.15, 0.2) is 77.1 Å². The van der Waals surface area contributed by atoms with Crippen LogP contribution < -0.4 is 5.43 Å². The van der Waals surface area contributed by atoms with Gasteiger partial charge in [0.25, 0.3) is 0 Å². The second-order valence-electron chi connectivity index (χ2n) is 6.34. The monoisotopic (exact) mass is 340 g/mol. The normalized spacial score (nSPS) is 13.2. The lowest BCUT2D eigenvalue weighted by Gasteiger charge is -2.08. The van der Waals surface area contributed by atoms with Gasteiger partial charge in [0.15, 0.2) is 5.84 Å². The van der Waals surface area contributed by atoms with Crippen molar-refractivity contribution in [3.8, 4) is 0 Å². The van der Waals surface area contributed by atoms with Gasteiger partial charge in [0.1, 0.15) is 5.71 Å². The molecular weight excluding hydrogens is 320 g/mol. The van der Waals surface area contributed by atoms with Gasteiger partial charge in [-0.05, 0) is 43.2 Å². The Morgan fingerprint density at radius 1 is 0.885 bits per heavy atom. The topological polar surface area (TPSA) is 49.6 Å². The van der Waals surface area contributed by atoms with Crippen molar-refractivity contribution in [1.29, 1.82) is 0 Å². The highest BCUT2D eigenvalue weighted by Gasteiger charge is 2.17. The molecule has 0 saturated carbocycles. The maximum Gasteiger partial charge on any atom is 0.154 e. The molecule has 0 saturated heterocycles. The minimum Gasteiger partial charge on any atom is -0.265 e. The molecule has 4 nitrogen and oxygen atoms in total. The number of aromatic nitrogens is 1. The van der Waals surface area contributed by atoms with E-state index in [1.807, 2.05) is 12.1 Å². The summed E-state index contributed by atoms with van der Waals surface area (Å²) in [4.78, 5) is 8.97. The Morgan fingerprint density at radius 2 is 1.65 bits per heavy atom. The van der Waals surface area contributed by atoms with Gasteiger partial charge in [0.2, 0.25) is 0 Å². The Balaban J connectivity index is 1.83. The van der Waals surface area contributed by atoms with E-state index in [1.54, 1.807) is 12.4 Å². The van der Waals surface area contributed by atoms with Crippen LogP contribution in [-0.4, -0.2) is 16.5 Å². The number of benzene rings is 2. The predicted octanol–water partition coefficient (Wildman–Crippen LogP) is 4.39. The summed E-state index contributed by atoms with van der Waals surface area (Å²) in [6, 6.07) is 18.6. The summed E-state index contributed by atoms with van der Waals surface area (Å²) in [5.41, 5.74) is 10.5. The van der Waals surface area contributed by atoms with Crippen LogP contribution in [0.2, 0.25) is 0 Å². The molecule has 0 bridgehead atoms. The number of rotatable bonds is 3. The Hall–Kier alpha value is -3.27. The van der Waals surface area contributed by atoms with E-state index in [0.717, 1.165) is 40.3 Å². The summed E-state index contributed by atoms with van der Waals surface area (Å²) < 4.78 is 0. The van der Waals surface area contributed by atoms with E-state index in [1.165, 1.54) is 11.1 Å². The van der Waals surface area contributed by atoms with Crippen molar-refractivity contribution in [1.82, 2.24) is 10.4 Å². The van der Waals surface area contributed by atoms with Crippen molar-refractivity contribution in [2.45, 2.75) is 20.3 Å². The van der Waals surface area contributed by atoms with Gasteiger partial charge in [0, 0.05) is 29.1 Å². The second kappa shape index (κ2) is 6.92. The first-order valence-electron chi connectivity index (χ1n) is 8.77. The smallest absolute Gasteiger partial charge is 0.154 e. The minimum absolute atomic E-state index is 0.752. The Morgan fingerprint density at radius 3 is 2.38 bits per heavy atom. The number of nitrogens with zero attached hydrogens (tertiary/aromatic N) is 3. The third-order valence-corrected chi connectivity index (χ3v) is 4.50. The molecule has 1 aliphatic heterocycles. The van der Waals surface area contributed by atoms with E-state index in [9.17, 15) is 0 Å². The van der Waals surface area contributed by atoms with Gasteiger partial charge in [-0.2, -0.15) is 5.10 Å². The SMILES string of the molecule is CCc1ccc(C2=Nc3ccc(C)cc3C(c3ccncc3)=NN2)cc1. The lowest BCUT2D eigenvalue weighted by atomic mass is 10.00. The molecule has 1 N–H and O–H groups in total. The fourth-order valence-electron chi connectivity index (χ4n) is 3.01. The zero-order valence-corrected chi connectivity index (χ0v) is 14.9. The van der Waals surface area contributed by atoms with E-state index in [4.69, 9.17) is 4.99 Å². The van der Waals surface area contributed by atoms with E-state index in [2.05, 4.69) is 71.8 Å². The maximum absolute atomic E-state index is 4.86. The number of aryl methyl sites for hydroxylation is 2. The fourth-order valence-corrected chi connectivity index (χ4v) is 3.01. The molecule has 2 aromatic carbocycles. The second-order valence-corrected chi connectivity index (χ2v) is 6.34. The lowest BCUT2D eigenvalue weighted by Crippen LogP contribution is -2.19. The van der Waals surface area contributed by atoms with Crippen molar-refractivity contribution in [2.24, 2.45) is 10.1 Å². The molecule has 4 heteroatoms. The standard InChI is InChI=1S/C22H20N4/c1-3-16-5-7-18(8-6-16)22-24-20-9-4-15(2)14-19(20)21(25-26-22)17-10-12-23-13-11-17/h4-14H,3H2,1-2H3,(H,24,26). The Labute approximate surface area is 153 Å². The highest BCUT2D eigenvalue weighted by atomic mass is 15.3. The van der Waals surface area contributed by atoms with E-state index >= 15 is 0 Å². The molecule has 0 radical (unpaired) electrons. The molecule has 0 aliphatic carbocycles. The number of amidine groups is 1. The molecule has 1 aliphatic rings. The van der Waals surface area contributed by atoms with Crippen molar-refractivity contribution in [2.75, 3.05) is 0 Å². The number of hydrazone groups is 1. The third-order valence-electron chi connectivity index (χ3n) is 4.50. The Bertz CT molecular complexity index is 986. The molecule has 0 atom stereocenters. The first kappa shape index (κ1) is 16.2. The molecule has 128 valence electrons. The fraction of sp³-hybridized carbons (Fsp3) is 0.136. The van der Waals surface area contributed by atoms with E-state index in [0.29, 0.717) is 0 Å². The molecule has 3 aromatic rings. The summed E-state index contributed by atoms with van der Waals surface area (Å²) in [6.45, 7) is 4.23. The largest absolute Gasteiger partial charge is 0.265 e. The van der Waals surface area contributed by atoms with Crippen LogP contribution in [0.5, 0.6) is 0 Å². The quantitative estimate of drug-likeness (QED) is 0.769. The summed E-state index contributed by atoms with van der Waals surface area (Å²) >= 11 is 0. The van der Waals surface area contributed by atoms with Gasteiger partial charge >= 0.3 is 0 Å². The first-order valence-corrected chi connectivity index (χ1v) is 8.77. The highest BCUT2D eigenvalue weighted by Crippen LogP contribution is 2.26. The van der Waals surface area contributed by atoms with E-state index < -0.39 is 0 Å². The third kappa shape index (κ3) is 3.14. The van der Waals surface area contributed by atoms with Crippen LogP contribution in [0, 0.1) is 6.92 Å². The number of fused-ring (bicyclic) bond motifs is 1. The molecule has 2 heterocycles. The minimum atomic E-state index is 0.752. The number of hydrogen-bond donors (Lipinski definition) is 1. The van der Waals surface area contributed by atoms with Crippen LogP contribution in [0.1, 0.15) is 34.7 Å². The van der Waals surface area contributed by atoms with Gasteiger partial charge in [-0.1, -0.05) is 42.8 Å². The molecule has 1 aromatic heterocycles. The van der Waals surface area contributed by atoms with Crippen LogP contribution in [0.3, 0.4) is 0 Å². The molecule has 0 amide bonds. The summed E-state index contributed by atoms with van der Waals surface area (Å²) in [5.74, 6) is 0.752. The summed E-state index contributed by atoms with van der Waals surface area (Å²) in [7, 11) is 0. The first-order chi connectivity index (χ1) is 12.7. The van der Waals surface area contributed by atoms with Crippen LogP contribution in [-0.2, 0) is 6.42 Å². The lowest BCUT2D eigenvalue weighted by molar-refractivity contribution is 1.03. The van der Waals surface area contributed by atoms with Gasteiger partial charge < -0.3 is 0 Å². The number of pyridine rings is 1. The van der Waals surface area contributed by atoms with Gasteiger partial charge in [0.05, 0.1) is 5.69 Å². The van der Waals surface area contributed by atoms with Crippen molar-refractivity contribution < 1.29 is 0 Å². The summed E-state index contributed by atoms with van der Waals surface area (Å²) in [6.07, 6.45) is 4.58. The van der Waals surface area contributed by atoms with Crippen LogP contribution in [0.4, 0.5) is 5.69 Å². The average molecular weight is 340 g/mol. The molecule has 0 fully saturated rings. The van der Waals surface area contributed by atoms with Gasteiger partial charge in [-0.15, -0.1) is 0 Å². The zero-order chi connectivity index (χ0) is 17.9. The van der Waals surface area contributed by atoms with E-state index in [-0.39, 0.29) is 0 Å². The molecular formula is C22H20N4. The number of aliphatic imine (C=N–C) groups is 1. The van der Waals surface area contributed by atoms with Crippen molar-refractivity contribution in [3.05, 3.63) is 94.8 Å². The van der Waals surface area contributed by atoms with Crippen molar-refractivity contribution in [3.63, 3.8) is 0 Å². The zero-order valence-electron chi connectivity index (χ0n) is 14.9. The van der Waals surface area contributed by atoms with Gasteiger partial charge in [-0.25, -0.2) is 4.99 Å². The molecule has 0 unspecified atom stereocenters. The summed E-state index contributed by atoms with van der Waals surface area (Å²) in [5, 5.41) is 4.68. The highest BCUT2D eigenvalue weighted by molar-refractivity contribution is 6.18. The van der Waals surface area contributed by atoms with Gasteiger partial charge in [-0.3, -0.25) is 10.4 Å². The van der Waals surface area contributed by atoms with Crippen LogP contribution >= 0.6 is 0 Å². The number of nitrogens with one attached hydrogen (secondary N) is 1. The van der Waals surface area contributed by atoms with Crippen LogP contribution in [0.25, 0.3) is 0 Å². The number of hydrogen-bond acceptors (Lipinski definition) is 4. The molecule has 0 spiro atoms. The van der Waals surface area contributed by atoms with Crippen molar-refractivity contribution >= 4 is 17.2 Å². The molecule has 4 rings (SSSR count).